The molecule has 4 aromatic heterocycles. The first-order chi connectivity index (χ1) is 25.1. The molecule has 0 fully saturated rings. The predicted octanol–water partition coefficient (Wildman–Crippen LogP) is 7.68. The number of thiophene rings is 2. The van der Waals surface area contributed by atoms with Crippen molar-refractivity contribution in [1.29, 1.82) is 0 Å². The van der Waals surface area contributed by atoms with Crippen LogP contribution in [0.3, 0.4) is 0 Å². The number of nitrogens with one attached hydrogen (secondary N) is 1. The van der Waals surface area contributed by atoms with Gasteiger partial charge >= 0.3 is 5.97 Å². The second-order valence-corrected chi connectivity index (χ2v) is 15.9. The summed E-state index contributed by atoms with van der Waals surface area (Å²) in [5.74, 6) is 3.51. The molecule has 6 aromatic rings. The Balaban J connectivity index is 0.000000166. The van der Waals surface area contributed by atoms with E-state index >= 15 is 0 Å². The number of carbonyl (C=O) groups is 1. The molecule has 0 radical (unpaired) electrons. The zero-order valence-electron chi connectivity index (χ0n) is 30.9. The molecule has 2 aliphatic heterocycles. The van der Waals surface area contributed by atoms with Gasteiger partial charge in [-0.1, -0.05) is 60.7 Å². The molecule has 0 aliphatic carbocycles. The van der Waals surface area contributed by atoms with E-state index in [4.69, 9.17) is 4.74 Å². The van der Waals surface area contributed by atoms with E-state index in [1.165, 1.54) is 53.1 Å². The normalized spacial score (nSPS) is 16.4. The van der Waals surface area contributed by atoms with Gasteiger partial charge < -0.3 is 10.1 Å². The van der Waals surface area contributed by atoms with Crippen LogP contribution in [0.25, 0.3) is 10.0 Å². The van der Waals surface area contributed by atoms with Gasteiger partial charge in [-0.15, -0.1) is 43.1 Å². The minimum atomic E-state index is -0.206. The van der Waals surface area contributed by atoms with Crippen LogP contribution in [0.4, 0.5) is 0 Å². The number of aryl methyl sites for hydroxylation is 4. The Morgan fingerprint density at radius 2 is 1.29 bits per heavy atom. The van der Waals surface area contributed by atoms with Crippen LogP contribution in [-0.4, -0.2) is 53.5 Å². The molecule has 0 spiro atoms. The third kappa shape index (κ3) is 7.00. The van der Waals surface area contributed by atoms with Crippen molar-refractivity contribution in [3.63, 3.8) is 0 Å². The van der Waals surface area contributed by atoms with Gasteiger partial charge in [0.2, 0.25) is 0 Å². The van der Waals surface area contributed by atoms with Crippen molar-refractivity contribution in [2.45, 2.75) is 86.5 Å². The van der Waals surface area contributed by atoms with Crippen molar-refractivity contribution in [2.75, 3.05) is 13.2 Å². The summed E-state index contributed by atoms with van der Waals surface area (Å²) in [6.07, 6.45) is 1.85. The molecule has 12 heteroatoms. The first-order valence-electron chi connectivity index (χ1n) is 17.9. The number of esters is 1. The average Bonchev–Trinajstić information content (AvgIpc) is 3.84. The standard InChI is InChI=1S/C22H26N4O2S.C18H20N4S/c1-5-28-20(27)13-25-12-19-18(11-17-9-7-6-8-10-17)15(3)29-22(19)26-16(4)23-24-21(26)14(25)2;1-11-17-21-20-13(3)22(17)18-16(10-19-11)15(12(2)23-18)9-14-7-5-4-6-8-14/h6-10,14H,5,11-13H2,1-4H3;4-8,11,19H,9-10H2,1-3H3/t14-;11-/m00/s1. The Hall–Kier alpha value is -4.49. The van der Waals surface area contributed by atoms with E-state index in [0.29, 0.717) is 13.2 Å². The van der Waals surface area contributed by atoms with Crippen LogP contribution in [-0.2, 0) is 35.5 Å². The van der Waals surface area contributed by atoms with Crippen molar-refractivity contribution in [3.8, 4) is 10.0 Å². The summed E-state index contributed by atoms with van der Waals surface area (Å²) >= 11 is 3.64. The van der Waals surface area contributed by atoms with Gasteiger partial charge in [0.05, 0.1) is 25.2 Å². The van der Waals surface area contributed by atoms with Crippen molar-refractivity contribution >= 4 is 28.6 Å². The first kappa shape index (κ1) is 35.9. The van der Waals surface area contributed by atoms with E-state index in [1.807, 2.05) is 38.2 Å². The fraction of sp³-hybridized carbons (Fsp3) is 0.375. The third-order valence-electron chi connectivity index (χ3n) is 10.0. The zero-order valence-corrected chi connectivity index (χ0v) is 32.6. The van der Waals surface area contributed by atoms with Crippen LogP contribution in [0, 0.1) is 27.7 Å². The molecule has 0 saturated carbocycles. The highest BCUT2D eigenvalue weighted by Gasteiger charge is 2.33. The maximum atomic E-state index is 12.3. The number of fused-ring (bicyclic) bond motifs is 6. The van der Waals surface area contributed by atoms with Crippen LogP contribution >= 0.6 is 22.7 Å². The Kier molecular flexibility index (Phi) is 10.5. The second kappa shape index (κ2) is 15.2. The Morgan fingerprint density at radius 1 is 0.769 bits per heavy atom. The van der Waals surface area contributed by atoms with Gasteiger partial charge in [-0.2, -0.15) is 0 Å². The smallest absolute Gasteiger partial charge is 0.320 e. The summed E-state index contributed by atoms with van der Waals surface area (Å²) in [5.41, 5.74) is 8.06. The summed E-state index contributed by atoms with van der Waals surface area (Å²) in [6, 6.07) is 21.4. The summed E-state index contributed by atoms with van der Waals surface area (Å²) in [4.78, 5) is 17.1. The SMILES string of the molecule is CCOC(=O)CN1Cc2c(sc(C)c2Cc2ccccc2)-n2c(C)nnc2[C@@H]1C.Cc1sc2c(c1Cc1ccccc1)CN[C@@H](C)c1nnc(C)n1-2. The van der Waals surface area contributed by atoms with Gasteiger partial charge in [-0.25, -0.2) is 0 Å². The van der Waals surface area contributed by atoms with E-state index in [-0.39, 0.29) is 24.6 Å². The highest BCUT2D eigenvalue weighted by Crippen LogP contribution is 2.40. The number of hydrogen-bond acceptors (Lipinski definition) is 10. The molecule has 10 nitrogen and oxygen atoms in total. The minimum absolute atomic E-state index is 0.0370. The monoisotopic (exact) mass is 734 g/mol. The molecular weight excluding hydrogens is 689 g/mol. The number of benzene rings is 2. The molecule has 0 amide bonds. The van der Waals surface area contributed by atoms with Crippen LogP contribution in [0.1, 0.15) is 99.3 Å². The van der Waals surface area contributed by atoms with Crippen LogP contribution in [0.5, 0.6) is 0 Å². The lowest BCUT2D eigenvalue weighted by molar-refractivity contribution is -0.145. The van der Waals surface area contributed by atoms with E-state index in [1.54, 1.807) is 11.3 Å². The van der Waals surface area contributed by atoms with Crippen molar-refractivity contribution in [3.05, 3.63) is 127 Å². The Labute approximate surface area is 313 Å². The summed E-state index contributed by atoms with van der Waals surface area (Å²) in [6.45, 7) is 16.7. The van der Waals surface area contributed by atoms with Crippen molar-refractivity contribution in [1.82, 2.24) is 39.7 Å². The molecule has 52 heavy (non-hydrogen) atoms. The molecule has 270 valence electrons. The quantitative estimate of drug-likeness (QED) is 0.167. The maximum absolute atomic E-state index is 12.3. The number of hydrogen-bond donors (Lipinski definition) is 1. The molecule has 8 rings (SSSR count). The van der Waals surface area contributed by atoms with Gasteiger partial charge in [-0.3, -0.25) is 18.8 Å². The Bertz CT molecular complexity index is 2180. The number of carbonyl (C=O) groups excluding carboxylic acids is 1. The number of aromatic nitrogens is 6. The molecule has 0 bridgehead atoms. The van der Waals surface area contributed by atoms with Gasteiger partial charge in [-0.05, 0) is 83.6 Å². The van der Waals surface area contributed by atoms with E-state index < -0.39 is 0 Å². The van der Waals surface area contributed by atoms with Gasteiger partial charge in [0.15, 0.2) is 11.6 Å². The molecular formula is C40H46N8O2S2. The number of ether oxygens (including phenoxy) is 1. The lowest BCUT2D eigenvalue weighted by atomic mass is 10.0. The second-order valence-electron chi connectivity index (χ2n) is 13.5. The fourth-order valence-corrected chi connectivity index (χ4v) is 9.69. The average molecular weight is 735 g/mol. The van der Waals surface area contributed by atoms with Gasteiger partial charge in [0, 0.05) is 34.0 Å². The summed E-state index contributed by atoms with van der Waals surface area (Å²) in [5, 5.41) is 23.5. The predicted molar refractivity (Wildman–Crippen MR) is 207 cm³/mol. The van der Waals surface area contributed by atoms with E-state index in [2.05, 4.69) is 122 Å². The van der Waals surface area contributed by atoms with Crippen LogP contribution in [0.2, 0.25) is 0 Å². The molecule has 1 N–H and O–H groups in total. The summed E-state index contributed by atoms with van der Waals surface area (Å²) in [7, 11) is 0. The van der Waals surface area contributed by atoms with E-state index in [9.17, 15) is 4.79 Å². The summed E-state index contributed by atoms with van der Waals surface area (Å²) < 4.78 is 9.62. The topological polar surface area (TPSA) is 103 Å². The van der Waals surface area contributed by atoms with Crippen LogP contribution in [0.15, 0.2) is 60.7 Å². The Morgan fingerprint density at radius 3 is 1.87 bits per heavy atom. The fourth-order valence-electron chi connectivity index (χ4n) is 7.21. The number of rotatable bonds is 7. The highest BCUT2D eigenvalue weighted by molar-refractivity contribution is 7.15. The van der Waals surface area contributed by atoms with E-state index in [0.717, 1.165) is 42.7 Å². The first-order valence-corrected chi connectivity index (χ1v) is 19.6. The highest BCUT2D eigenvalue weighted by atomic mass is 32.1. The maximum Gasteiger partial charge on any atom is 0.320 e. The van der Waals surface area contributed by atoms with Crippen molar-refractivity contribution < 1.29 is 9.53 Å². The number of nitrogens with zero attached hydrogens (tertiary/aromatic N) is 7. The zero-order chi connectivity index (χ0) is 36.5. The molecule has 2 aromatic carbocycles. The van der Waals surface area contributed by atoms with Crippen molar-refractivity contribution in [2.24, 2.45) is 0 Å². The largest absolute Gasteiger partial charge is 0.465 e. The lowest BCUT2D eigenvalue weighted by Crippen LogP contribution is -2.33. The molecule has 2 aliphatic rings. The molecule has 6 heterocycles. The minimum Gasteiger partial charge on any atom is -0.465 e. The molecule has 0 saturated heterocycles. The lowest BCUT2D eigenvalue weighted by Gasteiger charge is -2.25. The third-order valence-corrected chi connectivity index (χ3v) is 12.4. The molecule has 2 atom stereocenters. The van der Waals surface area contributed by atoms with Gasteiger partial charge in [0.1, 0.15) is 21.7 Å². The van der Waals surface area contributed by atoms with Crippen LogP contribution < -0.4 is 5.32 Å². The van der Waals surface area contributed by atoms with Gasteiger partial charge in [0.25, 0.3) is 0 Å². The molecule has 0 unspecified atom stereocenters.